The van der Waals surface area contributed by atoms with Crippen LogP contribution in [0.1, 0.15) is 39.2 Å². The highest BCUT2D eigenvalue weighted by Crippen LogP contribution is 2.30. The molecule has 0 spiro atoms. The fourth-order valence-corrected chi connectivity index (χ4v) is 1.84. The van der Waals surface area contributed by atoms with Gasteiger partial charge in [0.25, 0.3) is 0 Å². The first-order valence-corrected chi connectivity index (χ1v) is 6.53. The minimum atomic E-state index is -2.20. The molecule has 116 valence electrons. The van der Waals surface area contributed by atoms with Crippen LogP contribution in [0.5, 0.6) is 5.75 Å². The summed E-state index contributed by atoms with van der Waals surface area (Å²) in [4.78, 5) is 23.8. The third kappa shape index (κ3) is 3.72. The van der Waals surface area contributed by atoms with Gasteiger partial charge in [-0.2, -0.15) is 0 Å². The Morgan fingerprint density at radius 2 is 1.67 bits per heavy atom. The number of hydrogen-bond acceptors (Lipinski definition) is 5. The van der Waals surface area contributed by atoms with Crippen molar-refractivity contribution in [3.8, 4) is 5.75 Å². The molecule has 0 aliphatic carbocycles. The van der Waals surface area contributed by atoms with E-state index in [4.69, 9.17) is 10.5 Å². The van der Waals surface area contributed by atoms with Crippen molar-refractivity contribution in [2.24, 2.45) is 5.73 Å². The molecule has 0 saturated heterocycles. The Morgan fingerprint density at radius 3 is 2.05 bits per heavy atom. The number of nitrogens with two attached hydrogens (primary N) is 1. The Kier molecular flexibility index (Phi) is 4.63. The Bertz CT molecular complexity index is 532. The molecule has 0 bridgehead atoms. The van der Waals surface area contributed by atoms with E-state index in [9.17, 15) is 19.8 Å². The predicted molar refractivity (Wildman–Crippen MR) is 76.9 cm³/mol. The molecule has 21 heavy (non-hydrogen) atoms. The van der Waals surface area contributed by atoms with Crippen molar-refractivity contribution in [1.29, 1.82) is 0 Å². The van der Waals surface area contributed by atoms with Crippen molar-refractivity contribution in [3.63, 3.8) is 0 Å². The number of carboxylic acids is 1. The zero-order chi connectivity index (χ0) is 16.4. The Balaban J connectivity index is 3.18. The summed E-state index contributed by atoms with van der Waals surface area (Å²) < 4.78 is 5.14. The first-order chi connectivity index (χ1) is 9.48. The smallest absolute Gasteiger partial charge is 0.339 e. The fourth-order valence-electron chi connectivity index (χ4n) is 1.84. The van der Waals surface area contributed by atoms with Gasteiger partial charge < -0.3 is 20.7 Å². The van der Waals surface area contributed by atoms with Gasteiger partial charge in [-0.25, -0.2) is 9.59 Å². The van der Waals surface area contributed by atoms with Crippen LogP contribution in [0, 0.1) is 0 Å². The monoisotopic (exact) mass is 295 g/mol. The Labute approximate surface area is 123 Å². The van der Waals surface area contributed by atoms with E-state index in [1.807, 2.05) is 0 Å². The molecule has 0 amide bonds. The summed E-state index contributed by atoms with van der Waals surface area (Å²) in [5.41, 5.74) is 3.34. The van der Waals surface area contributed by atoms with Gasteiger partial charge in [-0.1, -0.05) is 19.1 Å². The summed E-state index contributed by atoms with van der Waals surface area (Å²) in [5.74, 6) is -3.24. The van der Waals surface area contributed by atoms with Crippen LogP contribution < -0.4 is 5.73 Å². The molecule has 1 aromatic rings. The zero-order valence-electron chi connectivity index (χ0n) is 12.6. The maximum absolute atomic E-state index is 12.2. The number of benzene rings is 1. The molecular weight excluding hydrogens is 274 g/mol. The van der Waals surface area contributed by atoms with E-state index in [2.05, 4.69) is 0 Å². The Morgan fingerprint density at radius 1 is 1.19 bits per heavy atom. The number of hydrogen-bond donors (Lipinski definition) is 3. The zero-order valence-corrected chi connectivity index (χ0v) is 12.6. The van der Waals surface area contributed by atoms with E-state index in [-0.39, 0.29) is 5.75 Å². The second-order valence-electron chi connectivity index (χ2n) is 5.99. The summed E-state index contributed by atoms with van der Waals surface area (Å²) in [6.45, 7) is 6.44. The minimum absolute atomic E-state index is 0.0427. The standard InChI is InChI=1S/C15H21NO5/c1-9(10-5-7-11(17)8-6-10)15(16,12(18)19)13(20)21-14(2,3)4/h5-9,17H,16H2,1-4H3,(H,18,19)/t9-,15-/m1/s1. The molecule has 0 radical (unpaired) electrons. The van der Waals surface area contributed by atoms with Gasteiger partial charge in [0.05, 0.1) is 0 Å². The third-order valence-corrected chi connectivity index (χ3v) is 3.17. The molecule has 0 aromatic heterocycles. The lowest BCUT2D eigenvalue weighted by molar-refractivity contribution is -0.170. The second-order valence-corrected chi connectivity index (χ2v) is 5.99. The van der Waals surface area contributed by atoms with Gasteiger partial charge in [0.1, 0.15) is 11.4 Å². The fraction of sp³-hybridized carbons (Fsp3) is 0.467. The number of phenolic OH excluding ortho intramolecular Hbond substituents is 1. The van der Waals surface area contributed by atoms with Crippen LogP contribution >= 0.6 is 0 Å². The van der Waals surface area contributed by atoms with Crippen molar-refractivity contribution in [2.75, 3.05) is 0 Å². The van der Waals surface area contributed by atoms with Gasteiger partial charge in [-0.15, -0.1) is 0 Å². The molecule has 0 fully saturated rings. The maximum Gasteiger partial charge on any atom is 0.339 e. The number of esters is 1. The number of phenols is 1. The summed E-state index contributed by atoms with van der Waals surface area (Å²) in [6.07, 6.45) is 0. The summed E-state index contributed by atoms with van der Waals surface area (Å²) in [6, 6.07) is 5.86. The molecule has 4 N–H and O–H groups in total. The largest absolute Gasteiger partial charge is 0.508 e. The summed E-state index contributed by atoms with van der Waals surface area (Å²) in [5, 5.41) is 18.7. The first-order valence-electron chi connectivity index (χ1n) is 6.53. The SMILES string of the molecule is C[C@H](c1ccc(O)cc1)[C@@](N)(C(=O)O)C(=O)OC(C)(C)C. The van der Waals surface area contributed by atoms with E-state index in [1.54, 1.807) is 20.8 Å². The predicted octanol–water partition coefficient (Wildman–Crippen LogP) is 1.62. The van der Waals surface area contributed by atoms with Crippen molar-refractivity contribution >= 4 is 11.9 Å². The van der Waals surface area contributed by atoms with Crippen LogP contribution in [0.4, 0.5) is 0 Å². The van der Waals surface area contributed by atoms with Crippen LogP contribution in [-0.4, -0.2) is 33.3 Å². The molecule has 6 nitrogen and oxygen atoms in total. The van der Waals surface area contributed by atoms with Gasteiger partial charge in [0.15, 0.2) is 0 Å². The summed E-state index contributed by atoms with van der Waals surface area (Å²) in [7, 11) is 0. The van der Waals surface area contributed by atoms with Gasteiger partial charge in [0.2, 0.25) is 5.54 Å². The number of ether oxygens (including phenoxy) is 1. The first kappa shape index (κ1) is 17.0. The molecule has 0 heterocycles. The molecule has 0 saturated carbocycles. The quantitative estimate of drug-likeness (QED) is 0.575. The number of carboxylic acid groups (broad SMARTS) is 1. The molecular formula is C15H21NO5. The van der Waals surface area contributed by atoms with Crippen LogP contribution in [0.2, 0.25) is 0 Å². The number of carbonyl (C=O) groups excluding carboxylic acids is 1. The lowest BCUT2D eigenvalue weighted by atomic mass is 9.81. The highest BCUT2D eigenvalue weighted by molar-refractivity contribution is 6.05. The third-order valence-electron chi connectivity index (χ3n) is 3.17. The van der Waals surface area contributed by atoms with Crippen LogP contribution in [0.3, 0.4) is 0 Å². The lowest BCUT2D eigenvalue weighted by Gasteiger charge is -2.32. The molecule has 1 aromatic carbocycles. The molecule has 1 rings (SSSR count). The number of rotatable bonds is 4. The van der Waals surface area contributed by atoms with Crippen molar-refractivity contribution in [1.82, 2.24) is 0 Å². The van der Waals surface area contributed by atoms with Crippen molar-refractivity contribution < 1.29 is 24.5 Å². The summed E-state index contributed by atoms with van der Waals surface area (Å²) >= 11 is 0. The van der Waals surface area contributed by atoms with Crippen LogP contribution in [0.15, 0.2) is 24.3 Å². The van der Waals surface area contributed by atoms with E-state index in [1.165, 1.54) is 31.2 Å². The average Bonchev–Trinajstić information content (AvgIpc) is 2.35. The Hall–Kier alpha value is -2.08. The highest BCUT2D eigenvalue weighted by atomic mass is 16.6. The normalized spacial score (nSPS) is 15.9. The van der Waals surface area contributed by atoms with Gasteiger partial charge >= 0.3 is 11.9 Å². The van der Waals surface area contributed by atoms with Crippen LogP contribution in [0.25, 0.3) is 0 Å². The van der Waals surface area contributed by atoms with E-state index < -0.39 is 29.0 Å². The number of carbonyl (C=O) groups is 2. The molecule has 0 aliphatic rings. The van der Waals surface area contributed by atoms with E-state index >= 15 is 0 Å². The molecule has 6 heteroatoms. The van der Waals surface area contributed by atoms with Gasteiger partial charge in [-0.05, 0) is 38.5 Å². The second kappa shape index (κ2) is 5.73. The minimum Gasteiger partial charge on any atom is -0.508 e. The topological polar surface area (TPSA) is 110 Å². The number of aromatic hydroxyl groups is 1. The average molecular weight is 295 g/mol. The van der Waals surface area contributed by atoms with Gasteiger partial charge in [0, 0.05) is 5.92 Å². The van der Waals surface area contributed by atoms with Crippen molar-refractivity contribution in [3.05, 3.63) is 29.8 Å². The number of aliphatic carboxylic acids is 1. The van der Waals surface area contributed by atoms with E-state index in [0.29, 0.717) is 5.56 Å². The lowest BCUT2D eigenvalue weighted by Crippen LogP contribution is -2.60. The van der Waals surface area contributed by atoms with E-state index in [0.717, 1.165) is 0 Å². The highest BCUT2D eigenvalue weighted by Gasteiger charge is 2.50. The van der Waals surface area contributed by atoms with Crippen LogP contribution in [-0.2, 0) is 14.3 Å². The molecule has 0 unspecified atom stereocenters. The molecule has 2 atom stereocenters. The van der Waals surface area contributed by atoms with Gasteiger partial charge in [-0.3, -0.25) is 0 Å². The maximum atomic E-state index is 12.2. The van der Waals surface area contributed by atoms with Crippen molar-refractivity contribution in [2.45, 2.75) is 44.8 Å². The molecule has 0 aliphatic heterocycles.